The Morgan fingerprint density at radius 2 is 0.938 bits per heavy atom. The van der Waals surface area contributed by atoms with E-state index in [1.807, 2.05) is 0 Å². The number of carboxylic acid groups (broad SMARTS) is 2. The Morgan fingerprint density at radius 3 is 1.42 bits per heavy atom. The van der Waals surface area contributed by atoms with Crippen molar-refractivity contribution >= 4 is 59.6 Å². The number of amides is 7. The molecule has 0 saturated heterocycles. The average molecular weight is 925 g/mol. The summed E-state index contributed by atoms with van der Waals surface area (Å²) in [6.07, 6.45) is 7.53. The molecule has 7 atom stereocenters. The largest absolute Gasteiger partial charge is 0.494 e. The maximum absolute atomic E-state index is 12.8. The van der Waals surface area contributed by atoms with Crippen LogP contribution in [0.5, 0.6) is 5.75 Å². The van der Waals surface area contributed by atoms with E-state index in [1.165, 1.54) is 25.3 Å². The number of nitrogens with one attached hydrogen (secondary N) is 7. The predicted octanol–water partition coefficient (Wildman–Crippen LogP) is -3.35. The number of aromatic carboxylic acids is 1. The van der Waals surface area contributed by atoms with Crippen LogP contribution in [-0.2, 0) is 43.2 Å². The van der Waals surface area contributed by atoms with Crippen LogP contribution in [0.15, 0.2) is 24.3 Å². The normalized spacial score (nSPS) is 14.1. The molecule has 1 radical (unpaired) electrons. The van der Waals surface area contributed by atoms with Gasteiger partial charge in [0.2, 0.25) is 47.6 Å². The standard InChI is InChI=1S/C41H62N7O17/c1-24(19-49)42-36(57)30(21-51)47-39(60)32(23-53)46-35(56)25(2)43-37(58)31(22-52)48-38(59)29(20-50)45-34(55)17-16-28(41(63)64)44-33(54)11-9-7-5-3-4-6-8-10-18-65-27-14-12-26(13-15-27)40(61)62/h12-15,24-25,28-32,50-53H,3-11,16-18,20-23H2,1-2H3,(H,42,57)(H,43,58)(H,44,54)(H,45,55)(H,46,56)(H,47,60)(H,48,59)(H,61,62)(H,63,64)/t24-,25-,28-,29-,30-,31-,32-/m0/s1. The molecule has 0 aliphatic carbocycles. The molecule has 65 heavy (non-hydrogen) atoms. The van der Waals surface area contributed by atoms with E-state index in [-0.39, 0.29) is 18.4 Å². The molecule has 7 amide bonds. The number of benzene rings is 1. The highest BCUT2D eigenvalue weighted by atomic mass is 16.5. The summed E-state index contributed by atoms with van der Waals surface area (Å²) in [5.74, 6) is -8.63. The molecule has 1 rings (SSSR count). The van der Waals surface area contributed by atoms with Crippen LogP contribution >= 0.6 is 0 Å². The van der Waals surface area contributed by atoms with Crippen LogP contribution in [0.25, 0.3) is 0 Å². The van der Waals surface area contributed by atoms with Crippen molar-refractivity contribution in [1.29, 1.82) is 0 Å². The van der Waals surface area contributed by atoms with Crippen LogP contribution in [0.4, 0.5) is 0 Å². The SMILES string of the molecule is C[C@H](NC(=O)[C@H](CO)NC(=O)[C@H](CO)NC(=O)CC[C@H](NC(=O)CCCCCCCCCCOc1ccc(C(=O)O)cc1)C(=O)O)C(=O)N[C@@H](CO)C(=O)N[C@@H](CO)C(=O)N[C@@H](C)[C]=O. The van der Waals surface area contributed by atoms with E-state index in [0.717, 1.165) is 51.9 Å². The van der Waals surface area contributed by atoms with Gasteiger partial charge in [0.1, 0.15) is 42.0 Å². The molecule has 0 saturated carbocycles. The lowest BCUT2D eigenvalue weighted by atomic mass is 10.1. The number of carbonyl (C=O) groups excluding carboxylic acids is 8. The molecule has 0 aromatic heterocycles. The Kier molecular flexibility index (Phi) is 27.6. The maximum Gasteiger partial charge on any atom is 0.335 e. The smallest absolute Gasteiger partial charge is 0.335 e. The molecule has 1 aromatic carbocycles. The van der Waals surface area contributed by atoms with E-state index in [2.05, 4.69) is 37.2 Å². The zero-order valence-corrected chi connectivity index (χ0v) is 36.3. The lowest BCUT2D eigenvalue weighted by molar-refractivity contribution is -0.142. The van der Waals surface area contributed by atoms with Gasteiger partial charge in [-0.15, -0.1) is 0 Å². The van der Waals surface area contributed by atoms with E-state index in [9.17, 15) is 73.5 Å². The summed E-state index contributed by atoms with van der Waals surface area (Å²) in [6.45, 7) is -0.990. The Balaban J connectivity index is 2.46. The van der Waals surface area contributed by atoms with Crippen molar-refractivity contribution in [2.45, 2.75) is 127 Å². The van der Waals surface area contributed by atoms with Gasteiger partial charge in [-0.25, -0.2) is 9.59 Å². The number of carboxylic acids is 2. The zero-order chi connectivity index (χ0) is 48.9. The molecular formula is C41H62N7O17. The first-order valence-electron chi connectivity index (χ1n) is 21.0. The molecule has 1 aromatic rings. The Labute approximate surface area is 375 Å². The topological polar surface area (TPSA) is 386 Å². The van der Waals surface area contributed by atoms with Gasteiger partial charge in [-0.2, -0.15) is 0 Å². The second-order valence-electron chi connectivity index (χ2n) is 14.9. The molecular weight excluding hydrogens is 862 g/mol. The van der Waals surface area contributed by atoms with E-state index < -0.39 is 128 Å². The van der Waals surface area contributed by atoms with Gasteiger partial charge in [-0.3, -0.25) is 38.4 Å². The van der Waals surface area contributed by atoms with Gasteiger partial charge in [0, 0.05) is 12.8 Å². The minimum absolute atomic E-state index is 0.0631. The van der Waals surface area contributed by atoms with Gasteiger partial charge in [0.15, 0.2) is 0 Å². The third-order valence-corrected chi connectivity index (χ3v) is 9.53. The van der Waals surface area contributed by atoms with Crippen molar-refractivity contribution in [3.05, 3.63) is 29.8 Å². The average Bonchev–Trinajstić information content (AvgIpc) is 3.28. The van der Waals surface area contributed by atoms with Gasteiger partial charge >= 0.3 is 11.9 Å². The third kappa shape index (κ3) is 22.8. The van der Waals surface area contributed by atoms with Crippen molar-refractivity contribution in [2.24, 2.45) is 0 Å². The van der Waals surface area contributed by atoms with Gasteiger partial charge in [-0.05, 0) is 57.4 Å². The lowest BCUT2D eigenvalue weighted by Crippen LogP contribution is -2.60. The van der Waals surface area contributed by atoms with Crippen LogP contribution < -0.4 is 42.0 Å². The molecule has 0 bridgehead atoms. The van der Waals surface area contributed by atoms with Crippen LogP contribution in [0.2, 0.25) is 0 Å². The first-order chi connectivity index (χ1) is 30.9. The summed E-state index contributed by atoms with van der Waals surface area (Å²) in [5, 5.41) is 72.3. The van der Waals surface area contributed by atoms with E-state index >= 15 is 0 Å². The molecule has 0 aliphatic rings. The fourth-order valence-electron chi connectivity index (χ4n) is 5.74. The summed E-state index contributed by atoms with van der Waals surface area (Å²) in [6, 6.07) is -4.46. The molecule has 363 valence electrons. The quantitative estimate of drug-likeness (QED) is 0.0300. The lowest BCUT2D eigenvalue weighted by Gasteiger charge is -2.24. The Morgan fingerprint density at radius 1 is 0.523 bits per heavy atom. The van der Waals surface area contributed by atoms with Gasteiger partial charge < -0.3 is 72.6 Å². The number of unbranched alkanes of at least 4 members (excludes halogenated alkanes) is 7. The highest BCUT2D eigenvalue weighted by Crippen LogP contribution is 2.14. The fourth-order valence-corrected chi connectivity index (χ4v) is 5.74. The predicted molar refractivity (Wildman–Crippen MR) is 226 cm³/mol. The van der Waals surface area contributed by atoms with Crippen molar-refractivity contribution < 1.29 is 83.3 Å². The zero-order valence-electron chi connectivity index (χ0n) is 36.3. The number of rotatable bonds is 34. The number of aliphatic hydroxyl groups is 4. The monoisotopic (exact) mass is 924 g/mol. The number of hydrogen-bond acceptors (Lipinski definition) is 15. The van der Waals surface area contributed by atoms with Crippen molar-refractivity contribution in [3.63, 3.8) is 0 Å². The number of aliphatic carboxylic acids is 1. The summed E-state index contributed by atoms with van der Waals surface area (Å²) in [4.78, 5) is 122. The number of ether oxygens (including phenoxy) is 1. The van der Waals surface area contributed by atoms with Gasteiger partial charge in [0.25, 0.3) is 0 Å². The Hall–Kier alpha value is -6.24. The first kappa shape index (κ1) is 56.8. The minimum Gasteiger partial charge on any atom is -0.494 e. The molecule has 0 unspecified atom stereocenters. The second-order valence-corrected chi connectivity index (χ2v) is 14.9. The van der Waals surface area contributed by atoms with Gasteiger partial charge in [-0.1, -0.05) is 38.5 Å². The van der Waals surface area contributed by atoms with Crippen molar-refractivity contribution in [1.82, 2.24) is 37.2 Å². The van der Waals surface area contributed by atoms with E-state index in [4.69, 9.17) is 9.84 Å². The van der Waals surface area contributed by atoms with Crippen LogP contribution in [0.1, 0.15) is 94.8 Å². The van der Waals surface area contributed by atoms with Gasteiger partial charge in [0.05, 0.1) is 44.6 Å². The van der Waals surface area contributed by atoms with Crippen LogP contribution in [0, 0.1) is 0 Å². The van der Waals surface area contributed by atoms with Crippen LogP contribution in [0.3, 0.4) is 0 Å². The van der Waals surface area contributed by atoms with E-state index in [0.29, 0.717) is 18.8 Å². The summed E-state index contributed by atoms with van der Waals surface area (Å²) in [7, 11) is 0. The molecule has 24 nitrogen and oxygen atoms in total. The fraction of sp³-hybridized carbons (Fsp3) is 0.610. The van der Waals surface area contributed by atoms with E-state index in [1.54, 1.807) is 12.1 Å². The summed E-state index contributed by atoms with van der Waals surface area (Å²) < 4.78 is 5.62. The molecule has 0 heterocycles. The molecule has 24 heteroatoms. The second kappa shape index (κ2) is 31.6. The summed E-state index contributed by atoms with van der Waals surface area (Å²) in [5.41, 5.74) is 0.187. The van der Waals surface area contributed by atoms with Crippen molar-refractivity contribution in [3.8, 4) is 5.75 Å². The Bertz CT molecular complexity index is 1730. The first-order valence-corrected chi connectivity index (χ1v) is 21.0. The third-order valence-electron chi connectivity index (χ3n) is 9.53. The number of hydrogen-bond donors (Lipinski definition) is 13. The minimum atomic E-state index is -1.74. The van der Waals surface area contributed by atoms with Crippen LogP contribution in [-0.4, -0.2) is 166 Å². The molecule has 0 spiro atoms. The molecule has 0 fully saturated rings. The number of carbonyl (C=O) groups is 9. The number of aliphatic hydroxyl groups excluding tert-OH is 4. The summed E-state index contributed by atoms with van der Waals surface area (Å²) >= 11 is 0. The molecule has 0 aliphatic heterocycles. The maximum atomic E-state index is 12.8. The highest BCUT2D eigenvalue weighted by Gasteiger charge is 2.31. The highest BCUT2D eigenvalue weighted by molar-refractivity contribution is 5.96. The molecule has 13 N–H and O–H groups in total. The van der Waals surface area contributed by atoms with Crippen molar-refractivity contribution in [2.75, 3.05) is 33.0 Å².